The van der Waals surface area contributed by atoms with Crippen molar-refractivity contribution >= 4 is 50.4 Å². The van der Waals surface area contributed by atoms with E-state index in [-0.39, 0.29) is 43.2 Å². The van der Waals surface area contributed by atoms with Crippen LogP contribution in [-0.2, 0) is 9.59 Å². The SMILES string of the molecule is Cc1ccc(C(=O)CCC(=O)CCC(=O)Nc2ccc(Br)cc2)s1. The average Bonchev–Trinajstić information content (AvgIpc) is 2.99. The Labute approximate surface area is 153 Å². The Morgan fingerprint density at radius 3 is 2.25 bits per heavy atom. The van der Waals surface area contributed by atoms with Crippen LogP contribution in [0.5, 0.6) is 0 Å². The van der Waals surface area contributed by atoms with Gasteiger partial charge in [-0.15, -0.1) is 11.3 Å². The number of ketones is 2. The number of rotatable bonds is 8. The molecule has 2 rings (SSSR count). The van der Waals surface area contributed by atoms with Crippen molar-refractivity contribution < 1.29 is 14.4 Å². The lowest BCUT2D eigenvalue weighted by atomic mass is 10.1. The summed E-state index contributed by atoms with van der Waals surface area (Å²) in [6.45, 7) is 1.94. The van der Waals surface area contributed by atoms with E-state index < -0.39 is 0 Å². The van der Waals surface area contributed by atoms with Crippen molar-refractivity contribution in [2.75, 3.05) is 5.32 Å². The summed E-state index contributed by atoms with van der Waals surface area (Å²) < 4.78 is 0.932. The lowest BCUT2D eigenvalue weighted by molar-refractivity contribution is -0.122. The van der Waals surface area contributed by atoms with Gasteiger partial charge in [-0.05, 0) is 43.3 Å². The maximum atomic E-state index is 11.9. The van der Waals surface area contributed by atoms with Crippen molar-refractivity contribution in [1.29, 1.82) is 0 Å². The number of aryl methyl sites for hydroxylation is 1. The summed E-state index contributed by atoms with van der Waals surface area (Å²) in [5.41, 5.74) is 0.693. The van der Waals surface area contributed by atoms with Gasteiger partial charge in [-0.2, -0.15) is 0 Å². The molecule has 0 unspecified atom stereocenters. The predicted molar refractivity (Wildman–Crippen MR) is 99.6 cm³/mol. The van der Waals surface area contributed by atoms with E-state index in [0.29, 0.717) is 10.6 Å². The quantitative estimate of drug-likeness (QED) is 0.640. The van der Waals surface area contributed by atoms with Crippen molar-refractivity contribution in [2.45, 2.75) is 32.6 Å². The number of hydrogen-bond donors (Lipinski definition) is 1. The second kappa shape index (κ2) is 8.89. The average molecular weight is 408 g/mol. The van der Waals surface area contributed by atoms with Gasteiger partial charge in [-0.1, -0.05) is 15.9 Å². The van der Waals surface area contributed by atoms with Gasteiger partial charge in [0.25, 0.3) is 0 Å². The van der Waals surface area contributed by atoms with Gasteiger partial charge < -0.3 is 5.32 Å². The van der Waals surface area contributed by atoms with E-state index >= 15 is 0 Å². The molecule has 4 nitrogen and oxygen atoms in total. The third kappa shape index (κ3) is 6.02. The van der Waals surface area contributed by atoms with Crippen LogP contribution in [-0.4, -0.2) is 17.5 Å². The Bertz CT molecular complexity index is 737. The fraction of sp³-hybridized carbons (Fsp3) is 0.278. The summed E-state index contributed by atoms with van der Waals surface area (Å²) in [5.74, 6) is -0.283. The van der Waals surface area contributed by atoms with E-state index in [9.17, 15) is 14.4 Å². The summed E-state index contributed by atoms with van der Waals surface area (Å²) in [7, 11) is 0. The first-order valence-electron chi connectivity index (χ1n) is 7.61. The van der Waals surface area contributed by atoms with Gasteiger partial charge >= 0.3 is 0 Å². The minimum atomic E-state index is -0.203. The highest BCUT2D eigenvalue weighted by molar-refractivity contribution is 9.10. The monoisotopic (exact) mass is 407 g/mol. The van der Waals surface area contributed by atoms with Gasteiger partial charge in [0, 0.05) is 40.7 Å². The van der Waals surface area contributed by atoms with Crippen molar-refractivity contribution in [3.8, 4) is 0 Å². The van der Waals surface area contributed by atoms with Gasteiger partial charge in [-0.3, -0.25) is 14.4 Å². The number of thiophene rings is 1. The van der Waals surface area contributed by atoms with Crippen LogP contribution in [0.25, 0.3) is 0 Å². The topological polar surface area (TPSA) is 63.2 Å². The Morgan fingerprint density at radius 1 is 0.958 bits per heavy atom. The number of hydrogen-bond acceptors (Lipinski definition) is 4. The van der Waals surface area contributed by atoms with E-state index in [1.807, 2.05) is 25.1 Å². The largest absolute Gasteiger partial charge is 0.326 e. The third-order valence-electron chi connectivity index (χ3n) is 3.40. The molecule has 0 aliphatic rings. The molecule has 0 fully saturated rings. The van der Waals surface area contributed by atoms with Crippen LogP contribution in [0.2, 0.25) is 0 Å². The molecule has 1 N–H and O–H groups in total. The predicted octanol–water partition coefficient (Wildman–Crippen LogP) is 4.77. The molecule has 2 aromatic rings. The first-order valence-corrected chi connectivity index (χ1v) is 9.22. The lowest BCUT2D eigenvalue weighted by Crippen LogP contribution is -2.13. The molecule has 1 aromatic heterocycles. The zero-order valence-corrected chi connectivity index (χ0v) is 15.7. The maximum Gasteiger partial charge on any atom is 0.224 e. The van der Waals surface area contributed by atoms with Crippen LogP contribution < -0.4 is 5.32 Å². The molecule has 0 spiro atoms. The van der Waals surface area contributed by atoms with E-state index in [2.05, 4.69) is 21.2 Å². The normalized spacial score (nSPS) is 10.4. The van der Waals surface area contributed by atoms with Gasteiger partial charge in [0.2, 0.25) is 5.91 Å². The highest BCUT2D eigenvalue weighted by atomic mass is 79.9. The number of nitrogens with one attached hydrogen (secondary N) is 1. The van der Waals surface area contributed by atoms with Crippen molar-refractivity contribution in [1.82, 2.24) is 0 Å². The highest BCUT2D eigenvalue weighted by Crippen LogP contribution is 2.18. The minimum absolute atomic E-state index is 0.0132. The minimum Gasteiger partial charge on any atom is -0.326 e. The fourth-order valence-electron chi connectivity index (χ4n) is 2.10. The second-order valence-corrected chi connectivity index (χ2v) is 7.63. The summed E-state index contributed by atoms with van der Waals surface area (Å²) in [4.78, 5) is 37.4. The van der Waals surface area contributed by atoms with Gasteiger partial charge in [0.05, 0.1) is 4.88 Å². The molecule has 6 heteroatoms. The van der Waals surface area contributed by atoms with Crippen LogP contribution in [0.3, 0.4) is 0 Å². The van der Waals surface area contributed by atoms with Crippen LogP contribution in [0.15, 0.2) is 40.9 Å². The van der Waals surface area contributed by atoms with Crippen LogP contribution in [0.1, 0.15) is 40.2 Å². The smallest absolute Gasteiger partial charge is 0.224 e. The van der Waals surface area contributed by atoms with E-state index in [1.54, 1.807) is 18.2 Å². The molecule has 24 heavy (non-hydrogen) atoms. The second-order valence-electron chi connectivity index (χ2n) is 5.43. The van der Waals surface area contributed by atoms with Gasteiger partial charge in [0.15, 0.2) is 5.78 Å². The number of halogens is 1. The molecule has 1 aromatic carbocycles. The zero-order valence-electron chi connectivity index (χ0n) is 13.3. The molecule has 0 aliphatic carbocycles. The Balaban J connectivity index is 1.69. The van der Waals surface area contributed by atoms with Crippen LogP contribution >= 0.6 is 27.3 Å². The number of Topliss-reactive ketones (excluding diaryl/α,β-unsaturated/α-hetero) is 2. The number of benzene rings is 1. The number of amides is 1. The van der Waals surface area contributed by atoms with Crippen molar-refractivity contribution in [3.05, 3.63) is 50.6 Å². The molecule has 126 valence electrons. The maximum absolute atomic E-state index is 11.9. The van der Waals surface area contributed by atoms with E-state index in [4.69, 9.17) is 0 Å². The molecular weight excluding hydrogens is 390 g/mol. The van der Waals surface area contributed by atoms with E-state index in [1.165, 1.54) is 11.3 Å². The molecule has 0 bridgehead atoms. The summed E-state index contributed by atoms with van der Waals surface area (Å²) in [6.07, 6.45) is 0.661. The van der Waals surface area contributed by atoms with Crippen molar-refractivity contribution in [3.63, 3.8) is 0 Å². The van der Waals surface area contributed by atoms with Crippen LogP contribution in [0, 0.1) is 6.92 Å². The van der Waals surface area contributed by atoms with Crippen LogP contribution in [0.4, 0.5) is 5.69 Å². The molecule has 1 amide bonds. The molecule has 0 radical (unpaired) electrons. The molecule has 1 heterocycles. The first-order chi connectivity index (χ1) is 11.4. The van der Waals surface area contributed by atoms with Crippen molar-refractivity contribution in [2.24, 2.45) is 0 Å². The number of carbonyl (C=O) groups excluding carboxylic acids is 3. The highest BCUT2D eigenvalue weighted by Gasteiger charge is 2.12. The summed E-state index contributed by atoms with van der Waals surface area (Å²) >= 11 is 4.76. The molecule has 0 saturated heterocycles. The summed E-state index contributed by atoms with van der Waals surface area (Å²) in [6, 6.07) is 10.9. The molecule has 0 saturated carbocycles. The first kappa shape index (κ1) is 18.5. The molecule has 0 aliphatic heterocycles. The Kier molecular flexibility index (Phi) is 6.87. The number of anilines is 1. The molecular formula is C18H18BrNO3S. The molecule has 0 atom stereocenters. The Hall–Kier alpha value is -1.79. The number of carbonyl (C=O) groups is 3. The Morgan fingerprint density at radius 2 is 1.62 bits per heavy atom. The zero-order chi connectivity index (χ0) is 17.5. The summed E-state index contributed by atoms with van der Waals surface area (Å²) in [5, 5.41) is 2.74. The third-order valence-corrected chi connectivity index (χ3v) is 4.98. The fourth-order valence-corrected chi connectivity index (χ4v) is 3.19. The van der Waals surface area contributed by atoms with Gasteiger partial charge in [-0.25, -0.2) is 0 Å². The lowest BCUT2D eigenvalue weighted by Gasteiger charge is -2.05. The van der Waals surface area contributed by atoms with E-state index in [0.717, 1.165) is 9.35 Å². The standard InChI is InChI=1S/C18H18BrNO3S/c1-12-2-10-17(24-12)16(22)9-7-15(21)8-11-18(23)20-14-5-3-13(19)4-6-14/h2-6,10H,7-9,11H2,1H3,(H,20,23). The van der Waals surface area contributed by atoms with Gasteiger partial charge in [0.1, 0.15) is 5.78 Å².